The Kier molecular flexibility index (Phi) is 5.74. The van der Waals surface area contributed by atoms with Gasteiger partial charge in [-0.3, -0.25) is 4.79 Å². The third-order valence-corrected chi connectivity index (χ3v) is 5.32. The van der Waals surface area contributed by atoms with Crippen molar-refractivity contribution in [1.29, 1.82) is 0 Å². The van der Waals surface area contributed by atoms with Gasteiger partial charge >= 0.3 is 5.97 Å². The van der Waals surface area contributed by atoms with Gasteiger partial charge in [-0.1, -0.05) is 91.0 Å². The molecule has 0 aliphatic heterocycles. The topological polar surface area (TPSA) is 55.8 Å². The van der Waals surface area contributed by atoms with Crippen molar-refractivity contribution in [3.05, 3.63) is 108 Å². The summed E-state index contributed by atoms with van der Waals surface area (Å²) >= 11 is 0. The van der Waals surface area contributed by atoms with Gasteiger partial charge in [0.25, 0.3) is 0 Å². The van der Waals surface area contributed by atoms with Crippen LogP contribution in [0.25, 0.3) is 0 Å². The number of aliphatic carboxylic acids is 1. The van der Waals surface area contributed by atoms with Crippen molar-refractivity contribution < 1.29 is 19.4 Å². The van der Waals surface area contributed by atoms with Crippen molar-refractivity contribution >= 4 is 5.97 Å². The van der Waals surface area contributed by atoms with E-state index in [9.17, 15) is 4.79 Å². The van der Waals surface area contributed by atoms with E-state index < -0.39 is 11.6 Å². The molecule has 3 aromatic carbocycles. The highest BCUT2D eigenvalue weighted by molar-refractivity contribution is 5.74. The maximum absolute atomic E-state index is 11.0. The minimum absolute atomic E-state index is 0.198. The molecule has 4 nitrogen and oxygen atoms in total. The summed E-state index contributed by atoms with van der Waals surface area (Å²) < 4.78 is 12.3. The van der Waals surface area contributed by atoms with E-state index in [1.165, 1.54) is 0 Å². The molecular formula is C25H24O4. The zero-order valence-corrected chi connectivity index (χ0v) is 16.1. The number of carbonyl (C=O) groups is 1. The van der Waals surface area contributed by atoms with Crippen LogP contribution < -0.4 is 0 Å². The van der Waals surface area contributed by atoms with Gasteiger partial charge in [-0.25, -0.2) is 0 Å². The lowest BCUT2D eigenvalue weighted by molar-refractivity contribution is -0.139. The molecule has 1 fully saturated rings. The lowest BCUT2D eigenvalue weighted by atomic mass is 9.80. The number of hydrogen-bond donors (Lipinski definition) is 1. The lowest BCUT2D eigenvalue weighted by Gasteiger charge is -2.36. The molecule has 148 valence electrons. The first-order valence-corrected chi connectivity index (χ1v) is 9.87. The SMILES string of the molecule is O=C(O)[C@H]1C[C@@H]1OCCOC(c1ccccc1)(c1ccccc1)c1ccccc1. The minimum Gasteiger partial charge on any atom is -0.481 e. The van der Waals surface area contributed by atoms with Crippen LogP contribution in [0.4, 0.5) is 0 Å². The molecule has 1 aliphatic rings. The van der Waals surface area contributed by atoms with E-state index in [4.69, 9.17) is 14.6 Å². The number of ether oxygens (including phenoxy) is 2. The van der Waals surface area contributed by atoms with Crippen molar-refractivity contribution in [3.8, 4) is 0 Å². The van der Waals surface area contributed by atoms with E-state index >= 15 is 0 Å². The van der Waals surface area contributed by atoms with Gasteiger partial charge in [0.05, 0.1) is 25.2 Å². The predicted molar refractivity (Wildman–Crippen MR) is 111 cm³/mol. The van der Waals surface area contributed by atoms with Crippen LogP contribution in [0.15, 0.2) is 91.0 Å². The van der Waals surface area contributed by atoms with E-state index in [0.717, 1.165) is 16.7 Å². The molecule has 0 spiro atoms. The van der Waals surface area contributed by atoms with Gasteiger partial charge in [-0.15, -0.1) is 0 Å². The Morgan fingerprint density at radius 2 is 1.24 bits per heavy atom. The van der Waals surface area contributed by atoms with Crippen LogP contribution in [0, 0.1) is 5.92 Å². The standard InChI is InChI=1S/C25H24O4/c26-24(27)22-18-23(22)28-16-17-29-25(19-10-4-1-5-11-19,20-12-6-2-7-13-20)21-14-8-3-9-15-21/h1-15,22-23H,16-18H2,(H,26,27)/t22-,23-/m0/s1. The van der Waals surface area contributed by atoms with Crippen LogP contribution in [0.1, 0.15) is 23.1 Å². The van der Waals surface area contributed by atoms with Crippen LogP contribution in [0.5, 0.6) is 0 Å². The van der Waals surface area contributed by atoms with Crippen molar-refractivity contribution in [2.45, 2.75) is 18.1 Å². The highest BCUT2D eigenvalue weighted by Crippen LogP contribution is 2.40. The number of carboxylic acid groups (broad SMARTS) is 1. The fourth-order valence-corrected chi connectivity index (χ4v) is 3.78. The Labute approximate surface area is 170 Å². The molecule has 4 heteroatoms. The summed E-state index contributed by atoms with van der Waals surface area (Å²) in [5, 5.41) is 9.04. The quantitative estimate of drug-likeness (QED) is 0.434. The molecule has 2 atom stereocenters. The molecule has 1 saturated carbocycles. The first kappa shape index (κ1) is 19.4. The Morgan fingerprint density at radius 1 is 0.793 bits per heavy atom. The van der Waals surface area contributed by atoms with Crippen molar-refractivity contribution in [2.75, 3.05) is 13.2 Å². The largest absolute Gasteiger partial charge is 0.481 e. The van der Waals surface area contributed by atoms with Crippen LogP contribution in [-0.4, -0.2) is 30.4 Å². The first-order chi connectivity index (χ1) is 14.2. The third kappa shape index (κ3) is 4.09. The van der Waals surface area contributed by atoms with E-state index in [2.05, 4.69) is 36.4 Å². The summed E-state index contributed by atoms with van der Waals surface area (Å²) in [6, 6.07) is 30.5. The van der Waals surface area contributed by atoms with Gasteiger partial charge < -0.3 is 14.6 Å². The van der Waals surface area contributed by atoms with E-state index in [0.29, 0.717) is 19.6 Å². The van der Waals surface area contributed by atoms with E-state index in [-0.39, 0.29) is 12.0 Å². The second kappa shape index (κ2) is 8.60. The van der Waals surface area contributed by atoms with Gasteiger partial charge in [0.1, 0.15) is 5.60 Å². The fraction of sp³-hybridized carbons (Fsp3) is 0.240. The molecule has 3 aromatic rings. The van der Waals surface area contributed by atoms with Gasteiger partial charge in [-0.05, 0) is 23.1 Å². The summed E-state index contributed by atoms with van der Waals surface area (Å²) in [6.07, 6.45) is 0.381. The molecule has 29 heavy (non-hydrogen) atoms. The van der Waals surface area contributed by atoms with Gasteiger partial charge in [0.2, 0.25) is 0 Å². The fourth-order valence-electron chi connectivity index (χ4n) is 3.78. The maximum atomic E-state index is 11.0. The molecule has 4 rings (SSSR count). The maximum Gasteiger partial charge on any atom is 0.309 e. The van der Waals surface area contributed by atoms with Crippen LogP contribution in [-0.2, 0) is 19.9 Å². The molecule has 0 radical (unpaired) electrons. The van der Waals surface area contributed by atoms with Gasteiger partial charge in [-0.2, -0.15) is 0 Å². The number of carboxylic acids is 1. The molecule has 0 aromatic heterocycles. The van der Waals surface area contributed by atoms with Gasteiger partial charge in [0.15, 0.2) is 0 Å². The minimum atomic E-state index is -0.789. The van der Waals surface area contributed by atoms with Crippen molar-refractivity contribution in [3.63, 3.8) is 0 Å². The van der Waals surface area contributed by atoms with Crippen molar-refractivity contribution in [2.24, 2.45) is 5.92 Å². The first-order valence-electron chi connectivity index (χ1n) is 9.87. The Hall–Kier alpha value is -2.95. The Bertz CT molecular complexity index is 828. The summed E-state index contributed by atoms with van der Waals surface area (Å²) in [5.74, 6) is -1.17. The zero-order chi connectivity index (χ0) is 20.1. The summed E-state index contributed by atoms with van der Waals surface area (Å²) in [7, 11) is 0. The molecule has 0 unspecified atom stereocenters. The molecule has 0 saturated heterocycles. The smallest absolute Gasteiger partial charge is 0.309 e. The van der Waals surface area contributed by atoms with Gasteiger partial charge in [0, 0.05) is 0 Å². The molecule has 0 bridgehead atoms. The second-order valence-electron chi connectivity index (χ2n) is 7.22. The van der Waals surface area contributed by atoms with Crippen molar-refractivity contribution in [1.82, 2.24) is 0 Å². The predicted octanol–water partition coefficient (Wildman–Crippen LogP) is 4.48. The Morgan fingerprint density at radius 3 is 1.62 bits per heavy atom. The highest BCUT2D eigenvalue weighted by Gasteiger charge is 2.44. The average Bonchev–Trinajstić information content (AvgIpc) is 3.56. The van der Waals surface area contributed by atoms with Crippen LogP contribution >= 0.6 is 0 Å². The molecule has 0 amide bonds. The summed E-state index contributed by atoms with van der Waals surface area (Å²) in [6.45, 7) is 0.699. The molecular weight excluding hydrogens is 364 g/mol. The lowest BCUT2D eigenvalue weighted by Crippen LogP contribution is -2.34. The second-order valence-corrected chi connectivity index (χ2v) is 7.22. The number of rotatable bonds is 9. The summed E-state index contributed by atoms with van der Waals surface area (Å²) in [5.41, 5.74) is 2.33. The molecule has 1 aliphatic carbocycles. The molecule has 0 heterocycles. The van der Waals surface area contributed by atoms with Crippen LogP contribution in [0.2, 0.25) is 0 Å². The number of benzene rings is 3. The van der Waals surface area contributed by atoms with E-state index in [1.54, 1.807) is 0 Å². The highest BCUT2D eigenvalue weighted by atomic mass is 16.5. The normalized spacial score (nSPS) is 18.3. The monoisotopic (exact) mass is 388 g/mol. The average molecular weight is 388 g/mol. The number of hydrogen-bond acceptors (Lipinski definition) is 3. The Balaban J connectivity index is 1.64. The molecule has 1 N–H and O–H groups in total. The third-order valence-electron chi connectivity index (χ3n) is 5.32. The zero-order valence-electron chi connectivity index (χ0n) is 16.1. The van der Waals surface area contributed by atoms with Crippen LogP contribution in [0.3, 0.4) is 0 Å². The van der Waals surface area contributed by atoms with E-state index in [1.807, 2.05) is 54.6 Å². The summed E-state index contributed by atoms with van der Waals surface area (Å²) in [4.78, 5) is 11.0.